The summed E-state index contributed by atoms with van der Waals surface area (Å²) >= 11 is 6.10. The summed E-state index contributed by atoms with van der Waals surface area (Å²) in [7, 11) is 1.36. The van der Waals surface area contributed by atoms with Gasteiger partial charge in [0.05, 0.1) is 12.1 Å². The van der Waals surface area contributed by atoms with Crippen LogP contribution in [0.1, 0.15) is 65.2 Å². The SMILES string of the molecule is CCCCC/C=C\C[C@@]1(OC(C)=O)C=C(Cl)C(=O)/C1=C/C=C/CCCC(=O)OC. The highest BCUT2D eigenvalue weighted by Crippen LogP contribution is 2.39. The molecule has 1 aliphatic rings. The molecule has 0 saturated heterocycles. The first-order valence-electron chi connectivity index (χ1n) is 10.1. The Morgan fingerprint density at radius 1 is 1.14 bits per heavy atom. The third-order valence-electron chi connectivity index (χ3n) is 4.54. The second-order valence-corrected chi connectivity index (χ2v) is 7.36. The number of Topliss-reactive ketones (excluding diaryl/α,β-unsaturated/α-hetero) is 1. The van der Waals surface area contributed by atoms with E-state index < -0.39 is 11.6 Å². The van der Waals surface area contributed by atoms with Gasteiger partial charge in [0.25, 0.3) is 0 Å². The number of allylic oxidation sites excluding steroid dienone is 5. The second-order valence-electron chi connectivity index (χ2n) is 6.95. The number of esters is 2. The van der Waals surface area contributed by atoms with Crippen LogP contribution in [-0.2, 0) is 23.9 Å². The lowest BCUT2D eigenvalue weighted by molar-refractivity contribution is -0.149. The van der Waals surface area contributed by atoms with Gasteiger partial charge < -0.3 is 9.47 Å². The molecular formula is C23H31ClO5. The van der Waals surface area contributed by atoms with Crippen molar-refractivity contribution in [2.24, 2.45) is 0 Å². The van der Waals surface area contributed by atoms with Crippen molar-refractivity contribution < 1.29 is 23.9 Å². The molecule has 0 aromatic carbocycles. The van der Waals surface area contributed by atoms with Crippen LogP contribution in [0.25, 0.3) is 0 Å². The Morgan fingerprint density at radius 2 is 1.86 bits per heavy atom. The van der Waals surface area contributed by atoms with Crippen LogP contribution in [0.15, 0.2) is 47.1 Å². The van der Waals surface area contributed by atoms with Crippen LogP contribution in [0.3, 0.4) is 0 Å². The fourth-order valence-corrected chi connectivity index (χ4v) is 3.33. The Balaban J connectivity index is 2.90. The number of methoxy groups -OCH3 is 1. The molecule has 0 amide bonds. The summed E-state index contributed by atoms with van der Waals surface area (Å²) < 4.78 is 10.2. The first kappa shape index (κ1) is 24.9. The van der Waals surface area contributed by atoms with E-state index in [0.717, 1.165) is 25.7 Å². The molecule has 1 rings (SSSR count). The predicted octanol–water partition coefficient (Wildman–Crippen LogP) is 5.35. The smallest absolute Gasteiger partial charge is 0.305 e. The van der Waals surface area contributed by atoms with Crippen molar-refractivity contribution in [1.82, 2.24) is 0 Å². The second kappa shape index (κ2) is 13.2. The highest BCUT2D eigenvalue weighted by molar-refractivity contribution is 6.46. The third kappa shape index (κ3) is 8.40. The van der Waals surface area contributed by atoms with Crippen LogP contribution >= 0.6 is 11.6 Å². The number of ketones is 1. The van der Waals surface area contributed by atoms with E-state index in [1.165, 1.54) is 20.1 Å². The number of hydrogen-bond donors (Lipinski definition) is 0. The van der Waals surface area contributed by atoms with E-state index in [9.17, 15) is 14.4 Å². The summed E-state index contributed by atoms with van der Waals surface area (Å²) in [5.41, 5.74) is -0.849. The molecule has 0 bridgehead atoms. The lowest BCUT2D eigenvalue weighted by atomic mass is 9.91. The van der Waals surface area contributed by atoms with E-state index in [2.05, 4.69) is 11.7 Å². The Morgan fingerprint density at radius 3 is 2.52 bits per heavy atom. The third-order valence-corrected chi connectivity index (χ3v) is 4.82. The van der Waals surface area contributed by atoms with E-state index in [0.29, 0.717) is 31.3 Å². The van der Waals surface area contributed by atoms with Crippen molar-refractivity contribution in [3.63, 3.8) is 0 Å². The molecule has 0 aliphatic heterocycles. The number of carbonyl (C=O) groups is 3. The van der Waals surface area contributed by atoms with Gasteiger partial charge in [0.2, 0.25) is 5.78 Å². The van der Waals surface area contributed by atoms with Crippen LogP contribution in [0.5, 0.6) is 0 Å². The van der Waals surface area contributed by atoms with E-state index in [1.807, 2.05) is 18.2 Å². The Kier molecular flexibility index (Phi) is 11.3. The summed E-state index contributed by atoms with van der Waals surface area (Å²) in [5.74, 6) is -1.07. The van der Waals surface area contributed by atoms with E-state index >= 15 is 0 Å². The Bertz CT molecular complexity index is 702. The fourth-order valence-electron chi connectivity index (χ4n) is 3.05. The van der Waals surface area contributed by atoms with Crippen LogP contribution in [0, 0.1) is 0 Å². The van der Waals surface area contributed by atoms with Gasteiger partial charge >= 0.3 is 11.9 Å². The average Bonchev–Trinajstić information content (AvgIpc) is 2.90. The molecule has 0 unspecified atom stereocenters. The van der Waals surface area contributed by atoms with Crippen molar-refractivity contribution in [3.05, 3.63) is 47.1 Å². The van der Waals surface area contributed by atoms with Gasteiger partial charge in [-0.25, -0.2) is 0 Å². The zero-order valence-electron chi connectivity index (χ0n) is 17.5. The molecule has 0 fully saturated rings. The normalized spacial score (nSPS) is 20.6. The highest BCUT2D eigenvalue weighted by atomic mass is 35.5. The minimum Gasteiger partial charge on any atom is -0.469 e. The van der Waals surface area contributed by atoms with Gasteiger partial charge in [0, 0.05) is 25.3 Å². The lowest BCUT2D eigenvalue weighted by Crippen LogP contribution is -2.33. The molecule has 160 valence electrons. The number of ether oxygens (including phenoxy) is 2. The van der Waals surface area contributed by atoms with Crippen molar-refractivity contribution in [1.29, 1.82) is 0 Å². The molecular weight excluding hydrogens is 392 g/mol. The molecule has 6 heteroatoms. The maximum absolute atomic E-state index is 12.5. The minimum absolute atomic E-state index is 0.0518. The first-order valence-corrected chi connectivity index (χ1v) is 10.5. The highest BCUT2D eigenvalue weighted by Gasteiger charge is 2.44. The summed E-state index contributed by atoms with van der Waals surface area (Å²) in [6, 6.07) is 0. The molecule has 0 aromatic heterocycles. The quantitative estimate of drug-likeness (QED) is 0.183. The average molecular weight is 423 g/mol. The number of halogens is 1. The van der Waals surface area contributed by atoms with Crippen LogP contribution in [-0.4, -0.2) is 30.4 Å². The first-order chi connectivity index (χ1) is 13.9. The Hall–Kier alpha value is -2.14. The molecule has 0 N–H and O–H groups in total. The van der Waals surface area contributed by atoms with Crippen molar-refractivity contribution >= 4 is 29.3 Å². The van der Waals surface area contributed by atoms with Crippen LogP contribution < -0.4 is 0 Å². The molecule has 29 heavy (non-hydrogen) atoms. The van der Waals surface area contributed by atoms with Crippen molar-refractivity contribution in [2.45, 2.75) is 70.8 Å². The van der Waals surface area contributed by atoms with Gasteiger partial charge in [-0.05, 0) is 31.8 Å². The summed E-state index contributed by atoms with van der Waals surface area (Å²) in [5, 5.41) is 0.0518. The molecule has 5 nitrogen and oxygen atoms in total. The van der Waals surface area contributed by atoms with Gasteiger partial charge in [-0.2, -0.15) is 0 Å². The van der Waals surface area contributed by atoms with Gasteiger partial charge in [-0.1, -0.05) is 61.7 Å². The van der Waals surface area contributed by atoms with Gasteiger partial charge in [-0.3, -0.25) is 14.4 Å². The Labute approximate surface area is 178 Å². The topological polar surface area (TPSA) is 69.7 Å². The van der Waals surface area contributed by atoms with Crippen LogP contribution in [0.4, 0.5) is 0 Å². The van der Waals surface area contributed by atoms with Gasteiger partial charge in [0.15, 0.2) is 5.60 Å². The number of rotatable bonds is 12. The molecule has 1 aliphatic carbocycles. The van der Waals surface area contributed by atoms with E-state index in [4.69, 9.17) is 16.3 Å². The van der Waals surface area contributed by atoms with Crippen LogP contribution in [0.2, 0.25) is 0 Å². The zero-order chi connectivity index (χ0) is 21.7. The summed E-state index contributed by atoms with van der Waals surface area (Å²) in [4.78, 5) is 35.4. The molecule has 0 spiro atoms. The van der Waals surface area contributed by atoms with E-state index in [1.54, 1.807) is 12.2 Å². The standard InChI is InChI=1S/C23H31ClO5/c1-4-5-6-7-10-13-16-23(29-18(2)25)17-20(24)22(27)19(23)14-11-8-9-12-15-21(26)28-3/h8,10-11,13-14,17H,4-7,9,12,15-16H2,1-3H3/b11-8+,13-10-,19-14-/t23-/m1/s1. The molecule has 0 aromatic rings. The largest absolute Gasteiger partial charge is 0.469 e. The molecule has 0 saturated carbocycles. The minimum atomic E-state index is -1.18. The summed E-state index contributed by atoms with van der Waals surface area (Å²) in [6.07, 6.45) is 17.1. The lowest BCUT2D eigenvalue weighted by Gasteiger charge is -2.27. The number of hydrogen-bond acceptors (Lipinski definition) is 5. The molecule has 1 atom stereocenters. The maximum Gasteiger partial charge on any atom is 0.305 e. The van der Waals surface area contributed by atoms with Crippen molar-refractivity contribution in [3.8, 4) is 0 Å². The fraction of sp³-hybridized carbons (Fsp3) is 0.522. The molecule has 0 radical (unpaired) electrons. The number of carbonyl (C=O) groups excluding carboxylic acids is 3. The molecule has 0 heterocycles. The number of unbranched alkanes of at least 4 members (excludes halogenated alkanes) is 4. The summed E-state index contributed by atoms with van der Waals surface area (Å²) in [6.45, 7) is 3.47. The predicted molar refractivity (Wildman–Crippen MR) is 114 cm³/mol. The van der Waals surface area contributed by atoms with Crippen molar-refractivity contribution in [2.75, 3.05) is 7.11 Å². The van der Waals surface area contributed by atoms with Gasteiger partial charge in [-0.15, -0.1) is 0 Å². The monoisotopic (exact) mass is 422 g/mol. The zero-order valence-corrected chi connectivity index (χ0v) is 18.3. The maximum atomic E-state index is 12.5. The van der Waals surface area contributed by atoms with E-state index in [-0.39, 0.29) is 16.8 Å². The van der Waals surface area contributed by atoms with Gasteiger partial charge in [0.1, 0.15) is 0 Å².